The van der Waals surface area contributed by atoms with Crippen molar-refractivity contribution in [3.05, 3.63) is 77.1 Å². The molecule has 6 nitrogen and oxygen atoms in total. The first kappa shape index (κ1) is 20.3. The zero-order chi connectivity index (χ0) is 21.0. The van der Waals surface area contributed by atoms with Crippen molar-refractivity contribution in [3.8, 4) is 17.1 Å². The van der Waals surface area contributed by atoms with Crippen LogP contribution in [0.2, 0.25) is 0 Å². The third kappa shape index (κ3) is 4.55. The summed E-state index contributed by atoms with van der Waals surface area (Å²) in [6.45, 7) is 1.55. The Bertz CT molecular complexity index is 1040. The molecule has 0 saturated carbocycles. The molecule has 0 bridgehead atoms. The standard InChI is InChI=1S/C21H19F2N3O3/c1-12(27)15-4-3-7-24-19(15)14-5-6-17(22)16(9-14)20(28)25-10-13-8-18(23)21(29-2)26-11-13/h3-9,11-12,27H,10H2,1-2H3,(H,25,28). The van der Waals surface area contributed by atoms with E-state index in [2.05, 4.69) is 15.3 Å². The third-order valence-electron chi connectivity index (χ3n) is 4.28. The molecule has 2 heterocycles. The molecule has 1 amide bonds. The molecular formula is C21H19F2N3O3. The highest BCUT2D eigenvalue weighted by Gasteiger charge is 2.17. The zero-order valence-corrected chi connectivity index (χ0v) is 15.8. The van der Waals surface area contributed by atoms with E-state index < -0.39 is 23.6 Å². The summed E-state index contributed by atoms with van der Waals surface area (Å²) in [6, 6.07) is 8.60. The molecule has 3 aromatic rings. The van der Waals surface area contributed by atoms with E-state index in [0.717, 1.165) is 0 Å². The number of amides is 1. The molecule has 0 aliphatic heterocycles. The lowest BCUT2D eigenvalue weighted by Gasteiger charge is -2.12. The van der Waals surface area contributed by atoms with Crippen LogP contribution in [0.3, 0.4) is 0 Å². The smallest absolute Gasteiger partial charge is 0.254 e. The molecule has 150 valence electrons. The van der Waals surface area contributed by atoms with Crippen molar-refractivity contribution in [3.63, 3.8) is 0 Å². The minimum atomic E-state index is -0.779. The van der Waals surface area contributed by atoms with Crippen LogP contribution in [-0.2, 0) is 6.54 Å². The van der Waals surface area contributed by atoms with Crippen molar-refractivity contribution in [2.75, 3.05) is 7.11 Å². The number of aliphatic hydroxyl groups excluding tert-OH is 1. The molecule has 1 aromatic carbocycles. The second-order valence-electron chi connectivity index (χ2n) is 6.33. The quantitative estimate of drug-likeness (QED) is 0.664. The number of hydrogen-bond donors (Lipinski definition) is 2. The number of hydrogen-bond acceptors (Lipinski definition) is 5. The number of carbonyl (C=O) groups excluding carboxylic acids is 1. The first-order valence-electron chi connectivity index (χ1n) is 8.80. The van der Waals surface area contributed by atoms with Crippen molar-refractivity contribution < 1.29 is 23.4 Å². The molecule has 2 N–H and O–H groups in total. The van der Waals surface area contributed by atoms with Crippen LogP contribution in [0.4, 0.5) is 8.78 Å². The van der Waals surface area contributed by atoms with E-state index >= 15 is 0 Å². The van der Waals surface area contributed by atoms with E-state index in [4.69, 9.17) is 4.74 Å². The van der Waals surface area contributed by atoms with Crippen molar-refractivity contribution in [2.24, 2.45) is 0 Å². The van der Waals surface area contributed by atoms with E-state index in [1.165, 1.54) is 37.6 Å². The van der Waals surface area contributed by atoms with Gasteiger partial charge in [-0.2, -0.15) is 0 Å². The van der Waals surface area contributed by atoms with Gasteiger partial charge in [0.1, 0.15) is 5.82 Å². The van der Waals surface area contributed by atoms with E-state index in [9.17, 15) is 18.7 Å². The van der Waals surface area contributed by atoms with Crippen LogP contribution in [0.25, 0.3) is 11.3 Å². The van der Waals surface area contributed by atoms with Crippen LogP contribution in [0.5, 0.6) is 5.88 Å². The summed E-state index contributed by atoms with van der Waals surface area (Å²) in [4.78, 5) is 20.5. The van der Waals surface area contributed by atoms with E-state index in [1.54, 1.807) is 25.3 Å². The average molecular weight is 399 g/mol. The number of ether oxygens (including phenoxy) is 1. The Morgan fingerprint density at radius 1 is 1.21 bits per heavy atom. The van der Waals surface area contributed by atoms with Crippen LogP contribution in [0.15, 0.2) is 48.8 Å². The summed E-state index contributed by atoms with van der Waals surface area (Å²) in [5, 5.41) is 12.5. The summed E-state index contributed by atoms with van der Waals surface area (Å²) >= 11 is 0. The van der Waals surface area contributed by atoms with Crippen LogP contribution < -0.4 is 10.1 Å². The fraction of sp³-hybridized carbons (Fsp3) is 0.190. The fourth-order valence-corrected chi connectivity index (χ4v) is 2.83. The van der Waals surface area contributed by atoms with Gasteiger partial charge in [-0.25, -0.2) is 13.8 Å². The van der Waals surface area contributed by atoms with Crippen LogP contribution in [0.1, 0.15) is 34.5 Å². The van der Waals surface area contributed by atoms with Gasteiger partial charge in [0.25, 0.3) is 5.91 Å². The average Bonchev–Trinajstić information content (AvgIpc) is 2.72. The first-order chi connectivity index (χ1) is 13.9. The van der Waals surface area contributed by atoms with E-state index in [1.807, 2.05) is 0 Å². The number of nitrogens with zero attached hydrogens (tertiary/aromatic N) is 2. The minimum Gasteiger partial charge on any atom is -0.479 e. The highest BCUT2D eigenvalue weighted by atomic mass is 19.1. The maximum atomic E-state index is 14.3. The first-order valence-corrected chi connectivity index (χ1v) is 8.80. The number of aromatic nitrogens is 2. The Morgan fingerprint density at radius 2 is 2.00 bits per heavy atom. The van der Waals surface area contributed by atoms with Gasteiger partial charge in [0.15, 0.2) is 5.82 Å². The van der Waals surface area contributed by atoms with E-state index in [0.29, 0.717) is 22.4 Å². The zero-order valence-electron chi connectivity index (χ0n) is 15.8. The Labute approximate surface area is 166 Å². The summed E-state index contributed by atoms with van der Waals surface area (Å²) < 4.78 is 32.7. The highest BCUT2D eigenvalue weighted by molar-refractivity contribution is 5.95. The van der Waals surface area contributed by atoms with Gasteiger partial charge in [-0.15, -0.1) is 0 Å². The minimum absolute atomic E-state index is 0.0427. The van der Waals surface area contributed by atoms with Gasteiger partial charge in [0.2, 0.25) is 5.88 Å². The normalized spacial score (nSPS) is 11.8. The number of aliphatic hydroxyl groups is 1. The summed E-state index contributed by atoms with van der Waals surface area (Å²) in [5.74, 6) is -2.19. The van der Waals surface area contributed by atoms with Gasteiger partial charge in [-0.3, -0.25) is 9.78 Å². The lowest BCUT2D eigenvalue weighted by Crippen LogP contribution is -2.24. The van der Waals surface area contributed by atoms with Crippen LogP contribution in [0, 0.1) is 11.6 Å². The molecule has 0 aliphatic carbocycles. The fourth-order valence-electron chi connectivity index (χ4n) is 2.83. The molecular weight excluding hydrogens is 380 g/mol. The van der Waals surface area contributed by atoms with Gasteiger partial charge >= 0.3 is 0 Å². The van der Waals surface area contributed by atoms with Gasteiger partial charge in [0, 0.05) is 30.1 Å². The topological polar surface area (TPSA) is 84.3 Å². The Morgan fingerprint density at radius 3 is 2.69 bits per heavy atom. The highest BCUT2D eigenvalue weighted by Crippen LogP contribution is 2.27. The third-order valence-corrected chi connectivity index (χ3v) is 4.28. The van der Waals surface area contributed by atoms with Crippen LogP contribution in [-0.4, -0.2) is 28.1 Å². The van der Waals surface area contributed by atoms with Crippen molar-refractivity contribution in [1.82, 2.24) is 15.3 Å². The second kappa shape index (κ2) is 8.74. The Balaban J connectivity index is 1.83. The maximum Gasteiger partial charge on any atom is 0.254 e. The van der Waals surface area contributed by atoms with Gasteiger partial charge < -0.3 is 15.2 Å². The molecule has 3 rings (SSSR count). The number of pyridine rings is 2. The molecule has 1 unspecified atom stereocenters. The Hall–Kier alpha value is -3.39. The number of halogens is 2. The summed E-state index contributed by atoms with van der Waals surface area (Å²) in [6.07, 6.45) is 2.13. The lowest BCUT2D eigenvalue weighted by atomic mass is 10.00. The molecule has 0 aliphatic rings. The van der Waals surface area contributed by atoms with Crippen molar-refractivity contribution in [1.29, 1.82) is 0 Å². The van der Waals surface area contributed by atoms with Crippen LogP contribution >= 0.6 is 0 Å². The largest absolute Gasteiger partial charge is 0.479 e. The molecule has 0 saturated heterocycles. The lowest BCUT2D eigenvalue weighted by molar-refractivity contribution is 0.0947. The van der Waals surface area contributed by atoms with Gasteiger partial charge in [0.05, 0.1) is 24.5 Å². The Kier molecular flexibility index (Phi) is 6.13. The number of benzene rings is 1. The van der Waals surface area contributed by atoms with Crippen molar-refractivity contribution in [2.45, 2.75) is 19.6 Å². The summed E-state index contributed by atoms with van der Waals surface area (Å²) in [7, 11) is 1.30. The predicted octanol–water partition coefficient (Wildman–Crippen LogP) is 3.41. The SMILES string of the molecule is COc1ncc(CNC(=O)c2cc(-c3ncccc3C(C)O)ccc2F)cc1F. The molecule has 2 aromatic heterocycles. The number of carbonyl (C=O) groups is 1. The summed E-state index contributed by atoms with van der Waals surface area (Å²) in [5.41, 5.74) is 1.72. The van der Waals surface area contributed by atoms with Gasteiger partial charge in [-0.05, 0) is 42.8 Å². The second-order valence-corrected chi connectivity index (χ2v) is 6.33. The van der Waals surface area contributed by atoms with E-state index in [-0.39, 0.29) is 18.0 Å². The number of methoxy groups -OCH3 is 1. The van der Waals surface area contributed by atoms with Gasteiger partial charge in [-0.1, -0.05) is 6.07 Å². The predicted molar refractivity (Wildman–Crippen MR) is 102 cm³/mol. The number of rotatable bonds is 6. The number of nitrogens with one attached hydrogen (secondary N) is 1. The maximum absolute atomic E-state index is 14.3. The molecule has 8 heteroatoms. The molecule has 0 spiro atoms. The molecule has 0 radical (unpaired) electrons. The van der Waals surface area contributed by atoms with Crippen molar-refractivity contribution >= 4 is 5.91 Å². The molecule has 0 fully saturated rings. The monoisotopic (exact) mass is 399 g/mol. The molecule has 29 heavy (non-hydrogen) atoms. The molecule has 1 atom stereocenters.